The maximum absolute atomic E-state index is 12.3. The number of carbonyl (C=O) groups excluding carboxylic acids is 2. The quantitative estimate of drug-likeness (QED) is 0.830. The lowest BCUT2D eigenvalue weighted by Gasteiger charge is -2.30. The van der Waals surface area contributed by atoms with E-state index >= 15 is 0 Å². The summed E-state index contributed by atoms with van der Waals surface area (Å²) in [6, 6.07) is 0. The van der Waals surface area contributed by atoms with Crippen LogP contribution >= 0.6 is 0 Å². The van der Waals surface area contributed by atoms with Crippen molar-refractivity contribution < 1.29 is 9.59 Å². The first kappa shape index (κ1) is 13.1. The first-order chi connectivity index (χ1) is 9.69. The zero-order chi connectivity index (χ0) is 14.1. The van der Waals surface area contributed by atoms with E-state index < -0.39 is 0 Å². The highest BCUT2D eigenvalue weighted by Crippen LogP contribution is 2.37. The molecule has 0 radical (unpaired) electrons. The predicted molar refractivity (Wildman–Crippen MR) is 71.1 cm³/mol. The third kappa shape index (κ3) is 2.52. The summed E-state index contributed by atoms with van der Waals surface area (Å²) in [5.41, 5.74) is 0. The van der Waals surface area contributed by atoms with Crippen LogP contribution in [-0.4, -0.2) is 52.0 Å². The summed E-state index contributed by atoms with van der Waals surface area (Å²) in [6.45, 7) is 1.18. The maximum atomic E-state index is 12.3. The SMILES string of the molecule is CNC(=O)C1CCN(C(=O)c2n[nH]c(C3CC3)n2)CC1. The second-order valence-corrected chi connectivity index (χ2v) is 5.50. The standard InChI is InChI=1S/C13H19N5O2/c1-14-12(19)9-4-6-18(7-5-9)13(20)11-15-10(16-17-11)8-2-3-8/h8-9H,2-7H2,1H3,(H,14,19)(H,15,16,17). The summed E-state index contributed by atoms with van der Waals surface area (Å²) in [6.07, 6.45) is 3.65. The van der Waals surface area contributed by atoms with E-state index in [9.17, 15) is 9.59 Å². The van der Waals surface area contributed by atoms with Gasteiger partial charge in [-0.1, -0.05) is 0 Å². The van der Waals surface area contributed by atoms with E-state index in [1.54, 1.807) is 11.9 Å². The van der Waals surface area contributed by atoms with Gasteiger partial charge in [0.25, 0.3) is 5.91 Å². The predicted octanol–water partition coefficient (Wildman–Crippen LogP) is 0.280. The van der Waals surface area contributed by atoms with Crippen LogP contribution in [0.25, 0.3) is 0 Å². The van der Waals surface area contributed by atoms with Crippen molar-refractivity contribution in [3.63, 3.8) is 0 Å². The van der Waals surface area contributed by atoms with Gasteiger partial charge in [0.15, 0.2) is 0 Å². The van der Waals surface area contributed by atoms with Gasteiger partial charge in [-0.3, -0.25) is 14.7 Å². The zero-order valence-corrected chi connectivity index (χ0v) is 11.6. The fourth-order valence-electron chi connectivity index (χ4n) is 2.60. The molecule has 2 N–H and O–H groups in total. The fourth-order valence-corrected chi connectivity index (χ4v) is 2.60. The third-order valence-corrected chi connectivity index (χ3v) is 4.06. The van der Waals surface area contributed by atoms with Crippen LogP contribution in [0, 0.1) is 5.92 Å². The molecule has 2 amide bonds. The average molecular weight is 277 g/mol. The van der Waals surface area contributed by atoms with Gasteiger partial charge in [0.1, 0.15) is 5.82 Å². The zero-order valence-electron chi connectivity index (χ0n) is 11.6. The lowest BCUT2D eigenvalue weighted by molar-refractivity contribution is -0.125. The molecule has 1 aliphatic heterocycles. The number of aromatic amines is 1. The van der Waals surface area contributed by atoms with E-state index in [0.29, 0.717) is 31.8 Å². The molecule has 2 fully saturated rings. The minimum Gasteiger partial charge on any atom is -0.359 e. The van der Waals surface area contributed by atoms with E-state index in [1.165, 1.54) is 0 Å². The number of carbonyl (C=O) groups is 2. The van der Waals surface area contributed by atoms with Gasteiger partial charge in [-0.05, 0) is 25.7 Å². The second-order valence-electron chi connectivity index (χ2n) is 5.50. The molecule has 0 bridgehead atoms. The van der Waals surface area contributed by atoms with Crippen LogP contribution in [0.3, 0.4) is 0 Å². The van der Waals surface area contributed by atoms with E-state index in [0.717, 1.165) is 18.7 Å². The van der Waals surface area contributed by atoms with Crippen LogP contribution in [0.5, 0.6) is 0 Å². The monoisotopic (exact) mass is 277 g/mol. The van der Waals surface area contributed by atoms with Crippen LogP contribution in [0.15, 0.2) is 0 Å². The molecule has 1 aromatic heterocycles. The van der Waals surface area contributed by atoms with Crippen LogP contribution in [0.2, 0.25) is 0 Å². The number of piperidine rings is 1. The summed E-state index contributed by atoms with van der Waals surface area (Å²) in [4.78, 5) is 29.9. The molecule has 1 saturated heterocycles. The summed E-state index contributed by atoms with van der Waals surface area (Å²) < 4.78 is 0. The van der Waals surface area contributed by atoms with Gasteiger partial charge in [0, 0.05) is 32.0 Å². The van der Waals surface area contributed by atoms with E-state index in [4.69, 9.17) is 0 Å². The van der Waals surface area contributed by atoms with Crippen molar-refractivity contribution in [3.8, 4) is 0 Å². The van der Waals surface area contributed by atoms with Crippen molar-refractivity contribution in [1.29, 1.82) is 0 Å². The highest BCUT2D eigenvalue weighted by Gasteiger charge is 2.31. The van der Waals surface area contributed by atoms with Crippen molar-refractivity contribution in [3.05, 3.63) is 11.6 Å². The molecule has 1 aromatic rings. The number of hydrogen-bond acceptors (Lipinski definition) is 4. The number of nitrogens with zero attached hydrogens (tertiary/aromatic N) is 3. The molecule has 7 heteroatoms. The van der Waals surface area contributed by atoms with Crippen LogP contribution < -0.4 is 5.32 Å². The third-order valence-electron chi connectivity index (χ3n) is 4.06. The number of rotatable bonds is 3. The van der Waals surface area contributed by atoms with Gasteiger partial charge < -0.3 is 10.2 Å². The van der Waals surface area contributed by atoms with Crippen molar-refractivity contribution in [2.75, 3.05) is 20.1 Å². The Hall–Kier alpha value is -1.92. The largest absolute Gasteiger partial charge is 0.359 e. The van der Waals surface area contributed by atoms with Gasteiger partial charge in [0.2, 0.25) is 11.7 Å². The first-order valence-electron chi connectivity index (χ1n) is 7.12. The van der Waals surface area contributed by atoms with Crippen LogP contribution in [0.1, 0.15) is 48.0 Å². The topological polar surface area (TPSA) is 91.0 Å². The van der Waals surface area contributed by atoms with Gasteiger partial charge in [-0.25, -0.2) is 4.98 Å². The first-order valence-corrected chi connectivity index (χ1v) is 7.12. The Kier molecular flexibility index (Phi) is 3.42. The fraction of sp³-hybridized carbons (Fsp3) is 0.692. The van der Waals surface area contributed by atoms with E-state index in [1.807, 2.05) is 0 Å². The van der Waals surface area contributed by atoms with E-state index in [-0.39, 0.29) is 23.6 Å². The molecule has 1 saturated carbocycles. The lowest BCUT2D eigenvalue weighted by Crippen LogP contribution is -2.42. The lowest BCUT2D eigenvalue weighted by atomic mass is 9.96. The summed E-state index contributed by atoms with van der Waals surface area (Å²) >= 11 is 0. The highest BCUT2D eigenvalue weighted by molar-refractivity contribution is 5.90. The molecule has 3 rings (SSSR count). The number of amides is 2. The van der Waals surface area contributed by atoms with Crippen molar-refractivity contribution in [2.24, 2.45) is 5.92 Å². The van der Waals surface area contributed by atoms with Gasteiger partial charge >= 0.3 is 0 Å². The average Bonchev–Trinajstić information content (AvgIpc) is 3.23. The molecule has 108 valence electrons. The summed E-state index contributed by atoms with van der Waals surface area (Å²) in [5, 5.41) is 9.53. The molecule has 0 aromatic carbocycles. The Bertz CT molecular complexity index is 515. The molecule has 0 atom stereocenters. The number of aromatic nitrogens is 3. The van der Waals surface area contributed by atoms with Gasteiger partial charge in [0.05, 0.1) is 0 Å². The Labute approximate surface area is 117 Å². The van der Waals surface area contributed by atoms with Crippen LogP contribution in [-0.2, 0) is 4.79 Å². The molecular weight excluding hydrogens is 258 g/mol. The number of H-pyrrole nitrogens is 1. The number of likely N-dealkylation sites (tertiary alicyclic amines) is 1. The molecule has 0 spiro atoms. The molecular formula is C13H19N5O2. The maximum Gasteiger partial charge on any atom is 0.293 e. The molecule has 20 heavy (non-hydrogen) atoms. The molecule has 0 unspecified atom stereocenters. The molecule has 2 heterocycles. The van der Waals surface area contributed by atoms with Crippen molar-refractivity contribution >= 4 is 11.8 Å². The van der Waals surface area contributed by atoms with Gasteiger partial charge in [-0.15, -0.1) is 5.10 Å². The Morgan fingerprint density at radius 2 is 1.95 bits per heavy atom. The molecule has 2 aliphatic rings. The molecule has 1 aliphatic carbocycles. The Morgan fingerprint density at radius 3 is 2.55 bits per heavy atom. The molecule has 7 nitrogen and oxygen atoms in total. The number of hydrogen-bond donors (Lipinski definition) is 2. The van der Waals surface area contributed by atoms with Crippen LogP contribution in [0.4, 0.5) is 0 Å². The minimum absolute atomic E-state index is 0.0122. The van der Waals surface area contributed by atoms with Crippen molar-refractivity contribution in [2.45, 2.75) is 31.6 Å². The highest BCUT2D eigenvalue weighted by atomic mass is 16.2. The smallest absolute Gasteiger partial charge is 0.293 e. The Balaban J connectivity index is 1.59. The minimum atomic E-state index is -0.136. The summed E-state index contributed by atoms with van der Waals surface area (Å²) in [5.74, 6) is 1.48. The van der Waals surface area contributed by atoms with E-state index in [2.05, 4.69) is 20.5 Å². The number of nitrogens with one attached hydrogen (secondary N) is 2. The Morgan fingerprint density at radius 1 is 1.25 bits per heavy atom. The van der Waals surface area contributed by atoms with Crippen molar-refractivity contribution in [1.82, 2.24) is 25.4 Å². The second kappa shape index (κ2) is 5.22. The normalized spacial score (nSPS) is 19.9. The van der Waals surface area contributed by atoms with Gasteiger partial charge in [-0.2, -0.15) is 0 Å². The summed E-state index contributed by atoms with van der Waals surface area (Å²) in [7, 11) is 1.65.